The number of nitrogens with one attached hydrogen (secondary N) is 1. The van der Waals surface area contributed by atoms with E-state index in [-0.39, 0.29) is 11.6 Å². The fourth-order valence-electron chi connectivity index (χ4n) is 4.01. The van der Waals surface area contributed by atoms with Crippen LogP contribution in [0.4, 0.5) is 11.4 Å². The predicted octanol–water partition coefficient (Wildman–Crippen LogP) is 3.54. The molecule has 1 aliphatic heterocycles. The Balaban J connectivity index is 1.39. The lowest BCUT2D eigenvalue weighted by atomic mass is 10.1. The van der Waals surface area contributed by atoms with Crippen LogP contribution in [0, 0.1) is 24.0 Å². The topological polar surface area (TPSA) is 103 Å². The van der Waals surface area contributed by atoms with Crippen LogP contribution < -0.4 is 5.32 Å². The van der Waals surface area contributed by atoms with Crippen LogP contribution in [0.3, 0.4) is 0 Å². The van der Waals surface area contributed by atoms with Crippen molar-refractivity contribution in [3.05, 3.63) is 86.7 Å². The van der Waals surface area contributed by atoms with Crippen LogP contribution in [-0.4, -0.2) is 51.8 Å². The number of aryl methyl sites for hydroxylation is 1. The van der Waals surface area contributed by atoms with Crippen LogP contribution in [0.15, 0.2) is 48.5 Å². The highest BCUT2D eigenvalue weighted by Gasteiger charge is 2.21. The molecule has 1 aliphatic rings. The number of carbonyl (C=O) groups is 1. The van der Waals surface area contributed by atoms with Crippen molar-refractivity contribution in [3.8, 4) is 0 Å². The number of amides is 1. The molecule has 0 unspecified atom stereocenters. The largest absolute Gasteiger partial charge is 0.379 e. The lowest BCUT2D eigenvalue weighted by molar-refractivity contribution is -0.386. The molecule has 0 radical (unpaired) electrons. The van der Waals surface area contributed by atoms with Crippen LogP contribution in [0.2, 0.25) is 0 Å². The van der Waals surface area contributed by atoms with Gasteiger partial charge in [0.1, 0.15) is 11.4 Å². The van der Waals surface area contributed by atoms with E-state index in [9.17, 15) is 14.9 Å². The van der Waals surface area contributed by atoms with Crippen LogP contribution in [0.1, 0.15) is 32.9 Å². The highest BCUT2D eigenvalue weighted by Crippen LogP contribution is 2.23. The van der Waals surface area contributed by atoms with Crippen molar-refractivity contribution in [3.63, 3.8) is 0 Å². The molecule has 0 aliphatic carbocycles. The third kappa shape index (κ3) is 5.44. The fourth-order valence-corrected chi connectivity index (χ4v) is 4.01. The van der Waals surface area contributed by atoms with Gasteiger partial charge in [0.2, 0.25) is 0 Å². The summed E-state index contributed by atoms with van der Waals surface area (Å²) in [6.45, 7) is 7.87. The third-order valence-electron chi connectivity index (χ3n) is 5.77. The number of rotatable bonds is 7. The Morgan fingerprint density at radius 2 is 1.82 bits per heavy atom. The van der Waals surface area contributed by atoms with Gasteiger partial charge in [-0.15, -0.1) is 0 Å². The summed E-state index contributed by atoms with van der Waals surface area (Å²) in [7, 11) is 0. The Morgan fingerprint density at radius 3 is 2.48 bits per heavy atom. The first-order valence-corrected chi connectivity index (χ1v) is 10.9. The van der Waals surface area contributed by atoms with Crippen molar-refractivity contribution in [1.29, 1.82) is 0 Å². The maximum Gasteiger partial charge on any atom is 0.312 e. The molecule has 1 aromatic heterocycles. The lowest BCUT2D eigenvalue weighted by Gasteiger charge is -2.26. The van der Waals surface area contributed by atoms with Gasteiger partial charge in [-0.2, -0.15) is 5.10 Å². The van der Waals surface area contributed by atoms with E-state index >= 15 is 0 Å². The minimum absolute atomic E-state index is 0.0434. The van der Waals surface area contributed by atoms with Crippen LogP contribution >= 0.6 is 0 Å². The third-order valence-corrected chi connectivity index (χ3v) is 5.77. The molecule has 3 aromatic rings. The van der Waals surface area contributed by atoms with Gasteiger partial charge in [-0.25, -0.2) is 0 Å². The fraction of sp³-hybridized carbons (Fsp3) is 0.333. The molecule has 9 nitrogen and oxygen atoms in total. The van der Waals surface area contributed by atoms with E-state index in [0.717, 1.165) is 49.7 Å². The Kier molecular flexibility index (Phi) is 6.81. The van der Waals surface area contributed by atoms with Gasteiger partial charge in [0.25, 0.3) is 5.91 Å². The zero-order chi connectivity index (χ0) is 23.4. The second-order valence-corrected chi connectivity index (χ2v) is 8.17. The number of hydrogen-bond donors (Lipinski definition) is 1. The van der Waals surface area contributed by atoms with Crippen LogP contribution in [-0.2, 0) is 17.8 Å². The summed E-state index contributed by atoms with van der Waals surface area (Å²) >= 11 is 0. The summed E-state index contributed by atoms with van der Waals surface area (Å²) in [5, 5.41) is 18.4. The van der Waals surface area contributed by atoms with Crippen molar-refractivity contribution in [2.24, 2.45) is 0 Å². The van der Waals surface area contributed by atoms with Gasteiger partial charge in [0, 0.05) is 30.9 Å². The average Bonchev–Trinajstić information content (AvgIpc) is 3.08. The summed E-state index contributed by atoms with van der Waals surface area (Å²) in [5.74, 6) is -0.188. The summed E-state index contributed by atoms with van der Waals surface area (Å²) in [6, 6.07) is 15.1. The summed E-state index contributed by atoms with van der Waals surface area (Å²) < 4.78 is 7.01. The van der Waals surface area contributed by atoms with Crippen molar-refractivity contribution in [1.82, 2.24) is 14.7 Å². The Labute approximate surface area is 192 Å². The maximum atomic E-state index is 12.7. The van der Waals surface area contributed by atoms with Crippen molar-refractivity contribution in [2.75, 3.05) is 31.6 Å². The first-order valence-electron chi connectivity index (χ1n) is 10.9. The number of anilines is 1. The van der Waals surface area contributed by atoms with Gasteiger partial charge in [0.15, 0.2) is 0 Å². The molecule has 4 rings (SSSR count). The maximum absolute atomic E-state index is 12.7. The Bertz CT molecular complexity index is 1150. The van der Waals surface area contributed by atoms with Crippen molar-refractivity contribution in [2.45, 2.75) is 26.9 Å². The minimum Gasteiger partial charge on any atom is -0.379 e. The second-order valence-electron chi connectivity index (χ2n) is 8.17. The molecule has 1 fully saturated rings. The number of benzene rings is 2. The second kappa shape index (κ2) is 9.93. The van der Waals surface area contributed by atoms with Gasteiger partial charge in [-0.1, -0.05) is 24.3 Å². The standard InChI is InChI=1S/C24H27N5O4/c1-17-23(29(31)32)18(2)28(26-17)16-19-6-8-21(9-7-19)24(30)25-22-5-3-4-20(14-22)15-27-10-12-33-13-11-27/h3-9,14H,10-13,15-16H2,1-2H3,(H,25,30). The Hall–Kier alpha value is -3.56. The molecule has 1 N–H and O–H groups in total. The summed E-state index contributed by atoms with van der Waals surface area (Å²) in [5.41, 5.74) is 4.28. The molecule has 0 bridgehead atoms. The van der Waals surface area contributed by atoms with E-state index in [1.807, 2.05) is 30.3 Å². The summed E-state index contributed by atoms with van der Waals surface area (Å²) in [4.78, 5) is 25.9. The van der Waals surface area contributed by atoms with E-state index in [0.29, 0.717) is 23.5 Å². The van der Waals surface area contributed by atoms with Gasteiger partial charge < -0.3 is 10.1 Å². The number of hydrogen-bond acceptors (Lipinski definition) is 6. The zero-order valence-electron chi connectivity index (χ0n) is 18.8. The van der Waals surface area contributed by atoms with Gasteiger partial charge in [0.05, 0.1) is 24.7 Å². The zero-order valence-corrected chi connectivity index (χ0v) is 18.8. The van der Waals surface area contributed by atoms with Crippen LogP contribution in [0.25, 0.3) is 0 Å². The SMILES string of the molecule is Cc1nn(Cc2ccc(C(=O)Nc3cccc(CN4CCOCC4)c3)cc2)c(C)c1[N+](=O)[O-]. The molecular weight excluding hydrogens is 422 g/mol. The monoisotopic (exact) mass is 449 g/mol. The predicted molar refractivity (Wildman–Crippen MR) is 124 cm³/mol. The van der Waals surface area contributed by atoms with E-state index in [4.69, 9.17) is 4.74 Å². The van der Waals surface area contributed by atoms with Crippen LogP contribution in [0.5, 0.6) is 0 Å². The summed E-state index contributed by atoms with van der Waals surface area (Å²) in [6.07, 6.45) is 0. The quantitative estimate of drug-likeness (QED) is 0.437. The molecule has 0 saturated carbocycles. The highest BCUT2D eigenvalue weighted by atomic mass is 16.6. The number of nitro groups is 1. The van der Waals surface area contributed by atoms with E-state index in [2.05, 4.69) is 21.4 Å². The first-order chi connectivity index (χ1) is 15.9. The number of aromatic nitrogens is 2. The molecule has 9 heteroatoms. The average molecular weight is 450 g/mol. The number of carbonyl (C=O) groups excluding carboxylic acids is 1. The minimum atomic E-state index is -0.405. The van der Waals surface area contributed by atoms with Crippen molar-refractivity contribution >= 4 is 17.3 Å². The number of morpholine rings is 1. The molecule has 2 aromatic carbocycles. The van der Waals surface area contributed by atoms with E-state index in [1.165, 1.54) is 0 Å². The normalized spacial score (nSPS) is 14.2. The number of nitrogens with zero attached hydrogens (tertiary/aromatic N) is 4. The molecule has 1 saturated heterocycles. The van der Waals surface area contributed by atoms with E-state index < -0.39 is 4.92 Å². The van der Waals surface area contributed by atoms with Gasteiger partial charge >= 0.3 is 5.69 Å². The molecular formula is C24H27N5O4. The smallest absolute Gasteiger partial charge is 0.312 e. The lowest BCUT2D eigenvalue weighted by Crippen LogP contribution is -2.35. The molecule has 2 heterocycles. The first kappa shape index (κ1) is 22.6. The molecule has 172 valence electrons. The molecule has 0 spiro atoms. The van der Waals surface area contributed by atoms with Crippen molar-refractivity contribution < 1.29 is 14.5 Å². The highest BCUT2D eigenvalue weighted by molar-refractivity contribution is 6.04. The molecule has 1 amide bonds. The van der Waals surface area contributed by atoms with Gasteiger partial charge in [-0.3, -0.25) is 24.5 Å². The van der Waals surface area contributed by atoms with Gasteiger partial charge in [-0.05, 0) is 49.2 Å². The van der Waals surface area contributed by atoms with E-state index in [1.54, 1.807) is 30.7 Å². The Morgan fingerprint density at radius 1 is 1.09 bits per heavy atom. The molecule has 0 atom stereocenters. The molecule has 33 heavy (non-hydrogen) atoms. The number of ether oxygens (including phenoxy) is 1.